The molecular formula is C14H10ClN3S. The lowest BCUT2D eigenvalue weighted by Crippen LogP contribution is -1.92. The van der Waals surface area contributed by atoms with Gasteiger partial charge in [-0.2, -0.15) is 0 Å². The van der Waals surface area contributed by atoms with E-state index < -0.39 is 0 Å². The standard InChI is InChI=1S/C14H10ClN3S/c1-9-8-19-14(16-9)13-17-11(7-12(15)18-13)10-5-3-2-4-6-10/h2-8H,1H3. The molecule has 0 aliphatic carbocycles. The third-order valence-corrected chi connectivity index (χ3v) is 3.72. The number of hydrogen-bond donors (Lipinski definition) is 0. The first kappa shape index (κ1) is 12.3. The fourth-order valence-corrected chi connectivity index (χ4v) is 2.64. The van der Waals surface area contributed by atoms with Gasteiger partial charge in [0.15, 0.2) is 10.8 Å². The SMILES string of the molecule is Cc1csc(-c2nc(Cl)cc(-c3ccccc3)n2)n1. The molecule has 3 nitrogen and oxygen atoms in total. The van der Waals surface area contributed by atoms with Crippen molar-refractivity contribution in [3.05, 3.63) is 52.6 Å². The number of hydrogen-bond acceptors (Lipinski definition) is 4. The summed E-state index contributed by atoms with van der Waals surface area (Å²) in [7, 11) is 0. The molecule has 0 radical (unpaired) electrons. The zero-order chi connectivity index (χ0) is 13.2. The van der Waals surface area contributed by atoms with Crippen molar-refractivity contribution >= 4 is 22.9 Å². The van der Waals surface area contributed by atoms with Gasteiger partial charge in [0.05, 0.1) is 5.69 Å². The Morgan fingerprint density at radius 3 is 2.53 bits per heavy atom. The van der Waals surface area contributed by atoms with E-state index in [9.17, 15) is 0 Å². The average molecular weight is 288 g/mol. The Hall–Kier alpha value is -1.78. The molecule has 0 aliphatic heterocycles. The van der Waals surface area contributed by atoms with Crippen LogP contribution in [0.5, 0.6) is 0 Å². The Morgan fingerprint density at radius 2 is 1.84 bits per heavy atom. The van der Waals surface area contributed by atoms with E-state index in [1.54, 1.807) is 6.07 Å². The van der Waals surface area contributed by atoms with Gasteiger partial charge in [-0.25, -0.2) is 15.0 Å². The number of halogens is 1. The summed E-state index contributed by atoms with van der Waals surface area (Å²) in [5.41, 5.74) is 2.79. The largest absolute Gasteiger partial charge is 0.238 e. The number of thiazole rings is 1. The Morgan fingerprint density at radius 1 is 1.05 bits per heavy atom. The first-order valence-electron chi connectivity index (χ1n) is 5.75. The lowest BCUT2D eigenvalue weighted by molar-refractivity contribution is 1.15. The molecule has 0 aliphatic rings. The molecule has 0 fully saturated rings. The average Bonchev–Trinajstić information content (AvgIpc) is 2.86. The van der Waals surface area contributed by atoms with Gasteiger partial charge in [-0.1, -0.05) is 41.9 Å². The van der Waals surface area contributed by atoms with Gasteiger partial charge in [-0.3, -0.25) is 0 Å². The third-order valence-electron chi connectivity index (χ3n) is 2.57. The van der Waals surface area contributed by atoms with Gasteiger partial charge in [0.2, 0.25) is 0 Å². The molecule has 0 unspecified atom stereocenters. The first-order chi connectivity index (χ1) is 9.22. The molecule has 5 heteroatoms. The quantitative estimate of drug-likeness (QED) is 0.662. The molecule has 0 N–H and O–H groups in total. The Labute approximate surface area is 120 Å². The van der Waals surface area contributed by atoms with Gasteiger partial charge in [0.25, 0.3) is 0 Å². The molecule has 0 amide bonds. The fraction of sp³-hybridized carbons (Fsp3) is 0.0714. The minimum Gasteiger partial charge on any atom is -0.238 e. The normalized spacial score (nSPS) is 10.6. The molecule has 0 bridgehead atoms. The zero-order valence-electron chi connectivity index (χ0n) is 10.2. The second-order valence-corrected chi connectivity index (χ2v) is 5.30. The summed E-state index contributed by atoms with van der Waals surface area (Å²) in [6.07, 6.45) is 0. The highest BCUT2D eigenvalue weighted by atomic mass is 35.5. The van der Waals surface area contributed by atoms with Gasteiger partial charge in [-0.15, -0.1) is 11.3 Å². The van der Waals surface area contributed by atoms with E-state index >= 15 is 0 Å². The molecule has 2 aromatic heterocycles. The topological polar surface area (TPSA) is 38.7 Å². The van der Waals surface area contributed by atoms with E-state index in [1.807, 2.05) is 42.6 Å². The van der Waals surface area contributed by atoms with Crippen LogP contribution < -0.4 is 0 Å². The first-order valence-corrected chi connectivity index (χ1v) is 7.00. The third kappa shape index (κ3) is 2.64. The van der Waals surface area contributed by atoms with Gasteiger partial charge in [0, 0.05) is 22.7 Å². The number of rotatable bonds is 2. The maximum atomic E-state index is 6.08. The van der Waals surface area contributed by atoms with Crippen LogP contribution in [0.4, 0.5) is 0 Å². The van der Waals surface area contributed by atoms with Crippen molar-refractivity contribution in [2.75, 3.05) is 0 Å². The maximum absolute atomic E-state index is 6.08. The van der Waals surface area contributed by atoms with Crippen molar-refractivity contribution in [3.63, 3.8) is 0 Å². The van der Waals surface area contributed by atoms with Crippen LogP contribution in [0.2, 0.25) is 5.15 Å². The molecular weight excluding hydrogens is 278 g/mol. The summed E-state index contributed by atoms with van der Waals surface area (Å²) in [6, 6.07) is 11.7. The highest BCUT2D eigenvalue weighted by Crippen LogP contribution is 2.25. The van der Waals surface area contributed by atoms with Gasteiger partial charge >= 0.3 is 0 Å². The fourth-order valence-electron chi connectivity index (χ4n) is 1.73. The number of nitrogens with zero attached hydrogens (tertiary/aromatic N) is 3. The van der Waals surface area contributed by atoms with Crippen LogP contribution >= 0.6 is 22.9 Å². The highest BCUT2D eigenvalue weighted by molar-refractivity contribution is 7.13. The Balaban J connectivity index is 2.11. The van der Waals surface area contributed by atoms with Crippen molar-refractivity contribution < 1.29 is 0 Å². The molecule has 1 aromatic carbocycles. The zero-order valence-corrected chi connectivity index (χ0v) is 11.7. The monoisotopic (exact) mass is 287 g/mol. The van der Waals surface area contributed by atoms with Crippen LogP contribution in [0.1, 0.15) is 5.69 Å². The van der Waals surface area contributed by atoms with Crippen LogP contribution in [-0.2, 0) is 0 Å². The Kier molecular flexibility index (Phi) is 3.27. The van der Waals surface area contributed by atoms with Crippen LogP contribution in [0.25, 0.3) is 22.1 Å². The highest BCUT2D eigenvalue weighted by Gasteiger charge is 2.10. The molecule has 0 saturated carbocycles. The van der Waals surface area contributed by atoms with Crippen LogP contribution in [0, 0.1) is 6.92 Å². The van der Waals surface area contributed by atoms with Crippen LogP contribution in [0.3, 0.4) is 0 Å². The molecule has 0 saturated heterocycles. The van der Waals surface area contributed by atoms with Crippen molar-refractivity contribution in [1.29, 1.82) is 0 Å². The van der Waals surface area contributed by atoms with E-state index in [4.69, 9.17) is 11.6 Å². The van der Waals surface area contributed by atoms with Crippen LogP contribution in [0.15, 0.2) is 41.8 Å². The summed E-state index contributed by atoms with van der Waals surface area (Å²) in [6.45, 7) is 1.95. The van der Waals surface area contributed by atoms with Crippen LogP contribution in [-0.4, -0.2) is 15.0 Å². The minimum atomic E-state index is 0.428. The maximum Gasteiger partial charge on any atom is 0.190 e. The molecule has 3 rings (SSSR count). The van der Waals surface area contributed by atoms with Crippen molar-refractivity contribution in [1.82, 2.24) is 15.0 Å². The van der Waals surface area contributed by atoms with Gasteiger partial charge in [-0.05, 0) is 6.92 Å². The molecule has 19 heavy (non-hydrogen) atoms. The number of aryl methyl sites for hydroxylation is 1. The second-order valence-electron chi connectivity index (χ2n) is 4.06. The van der Waals surface area contributed by atoms with E-state index in [0.29, 0.717) is 11.0 Å². The molecule has 3 aromatic rings. The lowest BCUT2D eigenvalue weighted by Gasteiger charge is -2.03. The van der Waals surface area contributed by atoms with Crippen molar-refractivity contribution in [3.8, 4) is 22.1 Å². The molecule has 2 heterocycles. The molecule has 0 spiro atoms. The van der Waals surface area contributed by atoms with E-state index in [0.717, 1.165) is 22.0 Å². The predicted octanol–water partition coefficient (Wildman–Crippen LogP) is 4.23. The van der Waals surface area contributed by atoms with E-state index in [-0.39, 0.29) is 0 Å². The summed E-state index contributed by atoms with van der Waals surface area (Å²) in [5, 5.41) is 3.19. The second kappa shape index (κ2) is 5.07. The summed E-state index contributed by atoms with van der Waals surface area (Å²) < 4.78 is 0. The van der Waals surface area contributed by atoms with Crippen molar-refractivity contribution in [2.24, 2.45) is 0 Å². The minimum absolute atomic E-state index is 0.428. The summed E-state index contributed by atoms with van der Waals surface area (Å²) >= 11 is 7.60. The Bertz CT molecular complexity index is 710. The van der Waals surface area contributed by atoms with E-state index in [2.05, 4.69) is 15.0 Å². The molecule has 0 atom stereocenters. The van der Waals surface area contributed by atoms with Gasteiger partial charge in [0.1, 0.15) is 5.15 Å². The van der Waals surface area contributed by atoms with E-state index in [1.165, 1.54) is 11.3 Å². The predicted molar refractivity (Wildman–Crippen MR) is 78.3 cm³/mol. The van der Waals surface area contributed by atoms with Crippen molar-refractivity contribution in [2.45, 2.75) is 6.92 Å². The summed E-state index contributed by atoms with van der Waals surface area (Å²) in [4.78, 5) is 13.2. The number of benzene rings is 1. The smallest absolute Gasteiger partial charge is 0.190 e. The summed E-state index contributed by atoms with van der Waals surface area (Å²) in [5.74, 6) is 0.574. The lowest BCUT2D eigenvalue weighted by atomic mass is 10.1. The molecule has 94 valence electrons. The van der Waals surface area contributed by atoms with Gasteiger partial charge < -0.3 is 0 Å². The number of aromatic nitrogens is 3.